The first-order valence-corrected chi connectivity index (χ1v) is 8.02. The average molecular weight is 330 g/mol. The largest absolute Gasteiger partial charge is 0.335 e. The summed E-state index contributed by atoms with van der Waals surface area (Å²) in [4.78, 5) is 25.9. The first-order chi connectivity index (χ1) is 11.1. The Morgan fingerprint density at radius 2 is 1.74 bits per heavy atom. The van der Waals surface area contributed by atoms with Crippen LogP contribution in [-0.4, -0.2) is 24.4 Å². The van der Waals surface area contributed by atoms with Crippen LogP contribution in [0.4, 0.5) is 5.69 Å². The van der Waals surface area contributed by atoms with E-state index in [0.29, 0.717) is 10.7 Å². The van der Waals surface area contributed by atoms with E-state index in [2.05, 4.69) is 12.1 Å². The van der Waals surface area contributed by atoms with E-state index in [-0.39, 0.29) is 24.3 Å². The van der Waals surface area contributed by atoms with Crippen LogP contribution in [0.3, 0.4) is 0 Å². The Bertz CT molecular complexity index is 701. The highest BCUT2D eigenvalue weighted by Gasteiger charge is 2.41. The second-order valence-electron chi connectivity index (χ2n) is 5.61. The lowest BCUT2D eigenvalue weighted by Gasteiger charge is -2.14. The Morgan fingerprint density at radius 3 is 2.43 bits per heavy atom. The van der Waals surface area contributed by atoms with Gasteiger partial charge in [-0.25, -0.2) is 4.90 Å². The van der Waals surface area contributed by atoms with Crippen molar-refractivity contribution < 1.29 is 14.9 Å². The molecule has 1 aliphatic heterocycles. The van der Waals surface area contributed by atoms with Crippen LogP contribution in [0.2, 0.25) is 5.02 Å². The molecule has 1 saturated heterocycles. The lowest BCUT2D eigenvalue weighted by Crippen LogP contribution is -2.92. The highest BCUT2D eigenvalue weighted by Crippen LogP contribution is 2.23. The maximum Gasteiger partial charge on any atom is 0.292 e. The number of hydrogen-bond acceptors (Lipinski definition) is 2. The maximum absolute atomic E-state index is 12.5. The third-order valence-corrected chi connectivity index (χ3v) is 4.25. The molecule has 2 aromatic carbocycles. The topological polar surface area (TPSA) is 54.0 Å². The van der Waals surface area contributed by atoms with Crippen LogP contribution in [0.25, 0.3) is 0 Å². The standard InChI is InChI=1S/C18H17ClN2O2/c19-14-6-8-15(9-7-14)21-17(22)12-16(18(21)23)20-11-10-13-4-2-1-3-5-13/h1-9,16,20H,10-12H2/p+1/t16-/m1/s1. The number of nitrogens with zero attached hydrogens (tertiary/aromatic N) is 1. The van der Waals surface area contributed by atoms with E-state index >= 15 is 0 Å². The van der Waals surface area contributed by atoms with Crippen LogP contribution >= 0.6 is 11.6 Å². The van der Waals surface area contributed by atoms with Gasteiger partial charge >= 0.3 is 0 Å². The average Bonchev–Trinajstić information content (AvgIpc) is 2.84. The number of carbonyl (C=O) groups is 2. The molecule has 0 aliphatic carbocycles. The minimum atomic E-state index is -0.332. The molecule has 23 heavy (non-hydrogen) atoms. The fourth-order valence-corrected chi connectivity index (χ4v) is 2.92. The number of amides is 2. The minimum Gasteiger partial charge on any atom is -0.335 e. The zero-order chi connectivity index (χ0) is 16.2. The maximum atomic E-state index is 12.5. The lowest BCUT2D eigenvalue weighted by atomic mass is 10.1. The van der Waals surface area contributed by atoms with Crippen LogP contribution in [0.1, 0.15) is 12.0 Å². The SMILES string of the molecule is O=C1C[C@@H]([NH2+]CCc2ccccc2)C(=O)N1c1ccc(Cl)cc1. The van der Waals surface area contributed by atoms with Gasteiger partial charge < -0.3 is 5.32 Å². The summed E-state index contributed by atoms with van der Waals surface area (Å²) in [5, 5.41) is 2.54. The molecule has 0 spiro atoms. The van der Waals surface area contributed by atoms with Crippen molar-refractivity contribution in [1.82, 2.24) is 0 Å². The van der Waals surface area contributed by atoms with Crippen LogP contribution in [0.15, 0.2) is 54.6 Å². The molecule has 1 heterocycles. The van der Waals surface area contributed by atoms with Crippen molar-refractivity contribution in [2.75, 3.05) is 11.4 Å². The highest BCUT2D eigenvalue weighted by molar-refractivity contribution is 6.30. The highest BCUT2D eigenvalue weighted by atomic mass is 35.5. The van der Waals surface area contributed by atoms with E-state index in [1.165, 1.54) is 10.5 Å². The van der Waals surface area contributed by atoms with Gasteiger partial charge in [-0.2, -0.15) is 0 Å². The van der Waals surface area contributed by atoms with Crippen molar-refractivity contribution in [3.8, 4) is 0 Å². The van der Waals surface area contributed by atoms with E-state index in [1.807, 2.05) is 23.5 Å². The Kier molecular flexibility index (Phi) is 4.74. The summed E-state index contributed by atoms with van der Waals surface area (Å²) >= 11 is 5.85. The lowest BCUT2D eigenvalue weighted by molar-refractivity contribution is -0.674. The number of rotatable bonds is 5. The molecule has 0 radical (unpaired) electrons. The van der Waals surface area contributed by atoms with E-state index in [1.54, 1.807) is 24.3 Å². The van der Waals surface area contributed by atoms with Gasteiger partial charge in [0.1, 0.15) is 0 Å². The van der Waals surface area contributed by atoms with Crippen molar-refractivity contribution in [3.63, 3.8) is 0 Å². The Hall–Kier alpha value is -2.17. The molecule has 1 aliphatic rings. The molecule has 5 heteroatoms. The molecule has 2 N–H and O–H groups in total. The monoisotopic (exact) mass is 329 g/mol. The number of nitrogens with two attached hydrogens (primary N) is 1. The van der Waals surface area contributed by atoms with Crippen LogP contribution in [0, 0.1) is 0 Å². The van der Waals surface area contributed by atoms with Crippen LogP contribution in [0.5, 0.6) is 0 Å². The molecule has 4 nitrogen and oxygen atoms in total. The summed E-state index contributed by atoms with van der Waals surface area (Å²) < 4.78 is 0. The molecule has 3 rings (SSSR count). The zero-order valence-corrected chi connectivity index (χ0v) is 13.4. The Balaban J connectivity index is 1.61. The molecule has 1 atom stereocenters. The third kappa shape index (κ3) is 3.60. The summed E-state index contributed by atoms with van der Waals surface area (Å²) in [5.74, 6) is -0.302. The summed E-state index contributed by atoms with van der Waals surface area (Å²) in [6, 6.07) is 16.6. The second-order valence-corrected chi connectivity index (χ2v) is 6.05. The number of halogens is 1. The van der Waals surface area contributed by atoms with E-state index in [0.717, 1.165) is 13.0 Å². The van der Waals surface area contributed by atoms with Crippen molar-refractivity contribution in [2.45, 2.75) is 18.9 Å². The van der Waals surface area contributed by atoms with Crippen LogP contribution in [-0.2, 0) is 16.0 Å². The van der Waals surface area contributed by atoms with Gasteiger partial charge in [0.2, 0.25) is 5.91 Å². The predicted molar refractivity (Wildman–Crippen MR) is 89.3 cm³/mol. The van der Waals surface area contributed by atoms with Crippen molar-refractivity contribution >= 4 is 29.1 Å². The third-order valence-electron chi connectivity index (χ3n) is 3.99. The summed E-state index contributed by atoms with van der Waals surface area (Å²) in [6.45, 7) is 0.780. The van der Waals surface area contributed by atoms with Crippen molar-refractivity contribution in [2.24, 2.45) is 0 Å². The van der Waals surface area contributed by atoms with Gasteiger partial charge in [0.25, 0.3) is 5.91 Å². The number of benzene rings is 2. The second kappa shape index (κ2) is 6.94. The molecule has 1 fully saturated rings. The molecular weight excluding hydrogens is 312 g/mol. The van der Waals surface area contributed by atoms with Gasteiger partial charge in [-0.1, -0.05) is 41.9 Å². The normalized spacial score (nSPS) is 17.8. The van der Waals surface area contributed by atoms with Crippen LogP contribution < -0.4 is 10.2 Å². The molecule has 118 valence electrons. The first-order valence-electron chi connectivity index (χ1n) is 7.65. The van der Waals surface area contributed by atoms with E-state index < -0.39 is 0 Å². The molecule has 2 aromatic rings. The number of carbonyl (C=O) groups excluding carboxylic acids is 2. The zero-order valence-electron chi connectivity index (χ0n) is 12.6. The predicted octanol–water partition coefficient (Wildman–Crippen LogP) is 1.78. The van der Waals surface area contributed by atoms with E-state index in [9.17, 15) is 9.59 Å². The molecule has 0 saturated carbocycles. The van der Waals surface area contributed by atoms with Gasteiger partial charge in [-0.3, -0.25) is 9.59 Å². The molecule has 0 unspecified atom stereocenters. The Labute approximate surface area is 140 Å². The van der Waals surface area contributed by atoms with Gasteiger partial charge in [0.15, 0.2) is 6.04 Å². The first kappa shape index (κ1) is 15.7. The molecule has 0 aromatic heterocycles. The molecular formula is C18H18ClN2O2+. The summed E-state index contributed by atoms with van der Waals surface area (Å²) in [5.41, 5.74) is 1.82. The van der Waals surface area contributed by atoms with E-state index in [4.69, 9.17) is 11.6 Å². The number of quaternary nitrogens is 1. The summed E-state index contributed by atoms with van der Waals surface area (Å²) in [6.07, 6.45) is 1.12. The fourth-order valence-electron chi connectivity index (χ4n) is 2.80. The van der Waals surface area contributed by atoms with Gasteiger partial charge in [-0.15, -0.1) is 0 Å². The number of anilines is 1. The van der Waals surface area contributed by atoms with Gasteiger partial charge in [0, 0.05) is 11.4 Å². The molecule has 0 bridgehead atoms. The number of hydrogen-bond donors (Lipinski definition) is 1. The number of imide groups is 1. The minimum absolute atomic E-state index is 0.148. The molecule has 2 amide bonds. The quantitative estimate of drug-likeness (QED) is 0.850. The fraction of sp³-hybridized carbons (Fsp3) is 0.222. The van der Waals surface area contributed by atoms with Gasteiger partial charge in [0.05, 0.1) is 18.7 Å². The van der Waals surface area contributed by atoms with Crippen molar-refractivity contribution in [1.29, 1.82) is 0 Å². The Morgan fingerprint density at radius 1 is 1.04 bits per heavy atom. The van der Waals surface area contributed by atoms with Crippen molar-refractivity contribution in [3.05, 3.63) is 65.2 Å². The van der Waals surface area contributed by atoms with Gasteiger partial charge in [-0.05, 0) is 29.8 Å². The smallest absolute Gasteiger partial charge is 0.292 e. The summed E-state index contributed by atoms with van der Waals surface area (Å²) in [7, 11) is 0.